The lowest BCUT2D eigenvalue weighted by atomic mass is 9.77. The number of hydrogen-bond acceptors (Lipinski definition) is 3. The van der Waals surface area contributed by atoms with Gasteiger partial charge in [0.1, 0.15) is 12.5 Å². The van der Waals surface area contributed by atoms with E-state index in [0.717, 1.165) is 11.1 Å². The van der Waals surface area contributed by atoms with Crippen LogP contribution in [-0.2, 0) is 10.8 Å². The molecule has 0 unspecified atom stereocenters. The predicted molar refractivity (Wildman–Crippen MR) is 249 cm³/mol. The van der Waals surface area contributed by atoms with Crippen LogP contribution in [0.15, 0.2) is 188 Å². The van der Waals surface area contributed by atoms with Crippen molar-refractivity contribution in [2.24, 2.45) is 0 Å². The van der Waals surface area contributed by atoms with Crippen LogP contribution in [-0.4, -0.2) is 16.2 Å². The summed E-state index contributed by atoms with van der Waals surface area (Å²) in [6, 6.07) is 18.0. The van der Waals surface area contributed by atoms with Crippen LogP contribution in [0.1, 0.15) is 73.2 Å². The molecule has 0 N–H and O–H groups in total. The van der Waals surface area contributed by atoms with Crippen molar-refractivity contribution in [1.82, 2.24) is 9.55 Å². The van der Waals surface area contributed by atoms with Gasteiger partial charge in [0.15, 0.2) is 0 Å². The van der Waals surface area contributed by atoms with E-state index in [0.29, 0.717) is 34.0 Å². The minimum Gasteiger partial charge on any atom is -0.321 e. The van der Waals surface area contributed by atoms with Gasteiger partial charge in [0.05, 0.1) is 50.0 Å². The number of rotatable bonds is 7. The Morgan fingerprint density at radius 3 is 1.85 bits per heavy atom. The van der Waals surface area contributed by atoms with Gasteiger partial charge in [0, 0.05) is 39.2 Å². The highest BCUT2D eigenvalue weighted by Crippen LogP contribution is 2.50. The Bertz CT molecular complexity index is 3790. The van der Waals surface area contributed by atoms with E-state index in [9.17, 15) is 2.74 Å². The third-order valence-corrected chi connectivity index (χ3v) is 11.2. The van der Waals surface area contributed by atoms with E-state index < -0.39 is 77.9 Å². The van der Waals surface area contributed by atoms with E-state index in [1.165, 1.54) is 0 Å². The largest absolute Gasteiger partial charge is 0.321 e. The van der Waals surface area contributed by atoms with Crippen molar-refractivity contribution < 1.29 is 21.9 Å². The van der Waals surface area contributed by atoms with Gasteiger partial charge in [-0.3, -0.25) is 4.57 Å². The topological polar surface area (TPSA) is 24.3 Å². The summed E-state index contributed by atoms with van der Waals surface area (Å²) < 4.78 is 144. The monoisotopic (exact) mass is 780 g/mol. The molecule has 9 aromatic rings. The van der Waals surface area contributed by atoms with Gasteiger partial charge >= 0.3 is 0 Å². The van der Waals surface area contributed by atoms with Crippen molar-refractivity contribution in [2.75, 3.05) is 16.5 Å². The van der Waals surface area contributed by atoms with E-state index in [-0.39, 0.29) is 80.5 Å². The highest BCUT2D eigenvalue weighted by Gasteiger charge is 2.32. The second-order valence-corrected chi connectivity index (χ2v) is 16.1. The zero-order valence-corrected chi connectivity index (χ0v) is 33.2. The molecule has 0 radical (unpaired) electrons. The van der Waals surface area contributed by atoms with Gasteiger partial charge in [0.25, 0.3) is 0 Å². The highest BCUT2D eigenvalue weighted by atomic mass is 15.4. The molecule has 0 atom stereocenters. The van der Waals surface area contributed by atoms with Crippen molar-refractivity contribution in [3.8, 4) is 28.1 Å². The SMILES string of the molecule is [2H]c1c([2H])c([2H])c(-c2cccc(-c3c([2H])c([2H])c([2H])c([2H])c3[2H])c2N2CN(c3cccc(C(C)(C)c4cc5c(c([2H])c4[2H])c4c([2H])c([2H])c([2H])c([2H])c4n5-c4cc(C(C)(C)C)ccn4)c3)c3ccccc32)c([2H])c1[2H]. The molecule has 10 rings (SSSR count). The van der Waals surface area contributed by atoms with Gasteiger partial charge in [-0.2, -0.15) is 0 Å². The third-order valence-electron chi connectivity index (χ3n) is 11.2. The Morgan fingerprint density at radius 1 is 0.525 bits per heavy atom. The summed E-state index contributed by atoms with van der Waals surface area (Å²) >= 11 is 0. The van der Waals surface area contributed by atoms with Gasteiger partial charge in [-0.1, -0.05) is 168 Å². The third kappa shape index (κ3) is 6.27. The molecule has 0 saturated heterocycles. The first-order valence-corrected chi connectivity index (χ1v) is 19.3. The normalized spacial score (nSPS) is 16.8. The molecule has 0 spiro atoms. The van der Waals surface area contributed by atoms with Crippen LogP contribution in [0.3, 0.4) is 0 Å². The van der Waals surface area contributed by atoms with Crippen LogP contribution < -0.4 is 9.80 Å². The average Bonchev–Trinajstić information content (AvgIpc) is 3.95. The van der Waals surface area contributed by atoms with Gasteiger partial charge in [-0.05, 0) is 81.7 Å². The first-order chi connectivity index (χ1) is 35.3. The molecule has 0 saturated carbocycles. The smallest absolute Gasteiger partial charge is 0.137 e. The molecule has 0 fully saturated rings. The Balaban J connectivity index is 1.17. The number of aromatic nitrogens is 2. The van der Waals surface area contributed by atoms with Crippen LogP contribution >= 0.6 is 0 Å². The molecule has 0 amide bonds. The summed E-state index contributed by atoms with van der Waals surface area (Å²) in [5, 5.41) is 0.308. The number of nitrogens with zero attached hydrogens (tertiary/aromatic N) is 4. The molecule has 3 heterocycles. The van der Waals surface area contributed by atoms with Crippen LogP contribution in [0.5, 0.6) is 0 Å². The zero-order chi connectivity index (χ0) is 54.2. The van der Waals surface area contributed by atoms with Crippen LogP contribution in [0.25, 0.3) is 49.9 Å². The summed E-state index contributed by atoms with van der Waals surface area (Å²) in [4.78, 5) is 8.55. The number of anilines is 4. The van der Waals surface area contributed by atoms with Crippen molar-refractivity contribution in [3.05, 3.63) is 204 Å². The van der Waals surface area contributed by atoms with Gasteiger partial charge in [-0.25, -0.2) is 4.98 Å². The van der Waals surface area contributed by atoms with Crippen LogP contribution in [0.4, 0.5) is 22.7 Å². The molecule has 1 aliphatic heterocycles. The Labute approximate surface area is 370 Å². The summed E-state index contributed by atoms with van der Waals surface area (Å²) in [7, 11) is 0. The molecule has 7 aromatic carbocycles. The molecule has 0 bridgehead atoms. The van der Waals surface area contributed by atoms with E-state index in [1.807, 2.05) is 84.3 Å². The summed E-state index contributed by atoms with van der Waals surface area (Å²) in [5.74, 6) is 0.385. The molecule has 1 aliphatic rings. The van der Waals surface area contributed by atoms with Crippen LogP contribution in [0, 0.1) is 0 Å². The van der Waals surface area contributed by atoms with E-state index in [2.05, 4.69) is 20.8 Å². The lowest BCUT2D eigenvalue weighted by Gasteiger charge is -2.29. The molecule has 2 aromatic heterocycles. The average molecular weight is 781 g/mol. The van der Waals surface area contributed by atoms with Crippen molar-refractivity contribution >= 4 is 44.6 Å². The predicted octanol–water partition coefficient (Wildman–Crippen LogP) is 14.4. The lowest BCUT2D eigenvalue weighted by Crippen LogP contribution is -2.25. The van der Waals surface area contributed by atoms with E-state index in [4.69, 9.17) is 24.2 Å². The Hall–Kier alpha value is -6.91. The fourth-order valence-corrected chi connectivity index (χ4v) is 8.01. The van der Waals surface area contributed by atoms with E-state index in [1.54, 1.807) is 35.0 Å². The maximum atomic E-state index is 9.62. The maximum absolute atomic E-state index is 9.62. The number of benzene rings is 7. The second kappa shape index (κ2) is 14.2. The standard InChI is InChI=1S/C55H48N4/c1-54(2,3)40-32-33-56-52(36-40)59-48-27-13-12-24-46(48)47-31-30-42(35-51(47)59)55(4,5)41-22-16-23-43(34-41)57-37-58(50-29-15-14-28-49(50)57)53-44(38-18-8-6-9-19-38)25-17-26-45(53)39-20-10-7-11-21-39/h6-36H,37H2,1-5H3/i6D,7D,8D,9D,10D,11D,12D,13D,18D,19D,20D,21D,24D,27D,30D,31D. The minimum atomic E-state index is -1.02. The summed E-state index contributed by atoms with van der Waals surface area (Å²) in [6.07, 6.45) is 1.65. The summed E-state index contributed by atoms with van der Waals surface area (Å²) in [6.45, 7) is 10.0. The fourth-order valence-electron chi connectivity index (χ4n) is 8.01. The minimum absolute atomic E-state index is 0.0265. The number of fused-ring (bicyclic) bond motifs is 4. The lowest BCUT2D eigenvalue weighted by molar-refractivity contribution is 0.588. The van der Waals surface area contributed by atoms with Gasteiger partial charge in [0.2, 0.25) is 0 Å². The number of pyridine rings is 1. The number of para-hydroxylation sites is 4. The molecule has 4 nitrogen and oxygen atoms in total. The molecular weight excluding hydrogens is 717 g/mol. The molecular formula is C55H48N4. The van der Waals surface area contributed by atoms with Gasteiger partial charge < -0.3 is 9.80 Å². The zero-order valence-electron chi connectivity index (χ0n) is 49.2. The number of hydrogen-bond donors (Lipinski definition) is 0. The molecule has 288 valence electrons. The summed E-state index contributed by atoms with van der Waals surface area (Å²) in [5.41, 5.74) is 3.50. The molecule has 59 heavy (non-hydrogen) atoms. The van der Waals surface area contributed by atoms with Crippen molar-refractivity contribution in [1.29, 1.82) is 0 Å². The Morgan fingerprint density at radius 2 is 1.15 bits per heavy atom. The quantitative estimate of drug-likeness (QED) is 0.161. The van der Waals surface area contributed by atoms with Crippen LogP contribution in [0.2, 0.25) is 0 Å². The first-order valence-electron chi connectivity index (χ1n) is 27.3. The van der Waals surface area contributed by atoms with E-state index >= 15 is 0 Å². The van der Waals surface area contributed by atoms with Crippen molar-refractivity contribution in [3.63, 3.8) is 0 Å². The maximum Gasteiger partial charge on any atom is 0.137 e. The molecule has 0 aliphatic carbocycles. The highest BCUT2D eigenvalue weighted by molar-refractivity contribution is 6.09. The Kier molecular flexibility index (Phi) is 5.50. The first kappa shape index (κ1) is 22.9. The fraction of sp³-hybridized carbons (Fsp3) is 0.145. The van der Waals surface area contributed by atoms with Crippen molar-refractivity contribution in [2.45, 2.75) is 45.4 Å². The van der Waals surface area contributed by atoms with Gasteiger partial charge in [-0.15, -0.1) is 0 Å². The molecule has 4 heteroatoms. The second-order valence-electron chi connectivity index (χ2n) is 16.1.